The molecule has 0 saturated carbocycles. The number of carbonyl (C=O) groups is 2. The molecular formula is C24H20ClN3O3. The second kappa shape index (κ2) is 9.02. The summed E-state index contributed by atoms with van der Waals surface area (Å²) in [6.07, 6.45) is 1.74. The number of ether oxygens (including phenoxy) is 1. The number of imidazole rings is 1. The van der Waals surface area contributed by atoms with Crippen molar-refractivity contribution in [2.24, 2.45) is 0 Å². The summed E-state index contributed by atoms with van der Waals surface area (Å²) in [5.74, 6) is -0.915. The second-order valence-corrected chi connectivity index (χ2v) is 7.48. The maximum absolute atomic E-state index is 12.9. The predicted octanol–water partition coefficient (Wildman–Crippen LogP) is 4.38. The van der Waals surface area contributed by atoms with Crippen molar-refractivity contribution in [1.29, 1.82) is 0 Å². The van der Waals surface area contributed by atoms with E-state index in [-0.39, 0.29) is 5.91 Å². The number of halogens is 1. The van der Waals surface area contributed by atoms with Gasteiger partial charge in [0.05, 0.1) is 24.5 Å². The van der Waals surface area contributed by atoms with Crippen LogP contribution in [0.3, 0.4) is 0 Å². The number of amides is 1. The molecular weight excluding hydrogens is 414 g/mol. The van der Waals surface area contributed by atoms with Crippen LogP contribution in [-0.2, 0) is 16.1 Å². The number of carbonyl (C=O) groups excluding carboxylic acids is 2. The summed E-state index contributed by atoms with van der Waals surface area (Å²) < 4.78 is 6.86. The maximum Gasteiger partial charge on any atom is 0.333 e. The Bertz CT molecular complexity index is 1220. The number of nitrogens with one attached hydrogen (secondary N) is 1. The normalized spacial score (nSPS) is 11.8. The standard InChI is InChI=1S/C24H20ClN3O3/c1-31-24(30)22(17-5-3-2-4-6-17)27-23(29)18-9-12-21-20(13-18)26-15-28(21)14-16-7-10-19(25)11-8-16/h2-13,15,22H,14H2,1H3,(H,27,29)/t22-/m0/s1. The lowest BCUT2D eigenvalue weighted by Gasteiger charge is -2.17. The fourth-order valence-corrected chi connectivity index (χ4v) is 3.50. The summed E-state index contributed by atoms with van der Waals surface area (Å²) in [6, 6.07) is 21.0. The summed E-state index contributed by atoms with van der Waals surface area (Å²) in [5, 5.41) is 3.45. The number of fused-ring (bicyclic) bond motifs is 1. The molecule has 0 unspecified atom stereocenters. The Hall–Kier alpha value is -3.64. The maximum atomic E-state index is 12.9. The number of rotatable bonds is 6. The Morgan fingerprint density at radius 1 is 1.06 bits per heavy atom. The molecule has 156 valence electrons. The van der Waals surface area contributed by atoms with Crippen molar-refractivity contribution in [2.45, 2.75) is 12.6 Å². The van der Waals surface area contributed by atoms with Crippen LogP contribution >= 0.6 is 11.6 Å². The monoisotopic (exact) mass is 433 g/mol. The Balaban J connectivity index is 1.56. The highest BCUT2D eigenvalue weighted by atomic mass is 35.5. The van der Waals surface area contributed by atoms with Crippen molar-refractivity contribution in [3.63, 3.8) is 0 Å². The molecule has 1 amide bonds. The van der Waals surface area contributed by atoms with Gasteiger partial charge in [-0.25, -0.2) is 9.78 Å². The van der Waals surface area contributed by atoms with E-state index in [1.165, 1.54) is 7.11 Å². The summed E-state index contributed by atoms with van der Waals surface area (Å²) in [4.78, 5) is 29.5. The van der Waals surface area contributed by atoms with Gasteiger partial charge in [-0.2, -0.15) is 0 Å². The first-order chi connectivity index (χ1) is 15.0. The molecule has 6 nitrogen and oxygen atoms in total. The first-order valence-electron chi connectivity index (χ1n) is 9.68. The van der Waals surface area contributed by atoms with Gasteiger partial charge in [-0.3, -0.25) is 4.79 Å². The fourth-order valence-electron chi connectivity index (χ4n) is 3.37. The van der Waals surface area contributed by atoms with Gasteiger partial charge < -0.3 is 14.6 Å². The highest BCUT2D eigenvalue weighted by Gasteiger charge is 2.24. The summed E-state index contributed by atoms with van der Waals surface area (Å²) in [7, 11) is 1.30. The van der Waals surface area contributed by atoms with Crippen LogP contribution in [0.4, 0.5) is 0 Å². The third-order valence-electron chi connectivity index (χ3n) is 4.99. The van der Waals surface area contributed by atoms with Crippen LogP contribution < -0.4 is 5.32 Å². The van der Waals surface area contributed by atoms with Crippen LogP contribution in [0.25, 0.3) is 11.0 Å². The quantitative estimate of drug-likeness (QED) is 0.458. The van der Waals surface area contributed by atoms with Crippen LogP contribution in [-0.4, -0.2) is 28.5 Å². The highest BCUT2D eigenvalue weighted by Crippen LogP contribution is 2.19. The largest absolute Gasteiger partial charge is 0.467 e. The fraction of sp³-hybridized carbons (Fsp3) is 0.125. The van der Waals surface area contributed by atoms with E-state index in [0.29, 0.717) is 28.2 Å². The molecule has 0 aliphatic heterocycles. The van der Waals surface area contributed by atoms with Gasteiger partial charge in [0.1, 0.15) is 0 Å². The van der Waals surface area contributed by atoms with E-state index in [0.717, 1.165) is 11.1 Å². The second-order valence-electron chi connectivity index (χ2n) is 7.04. The van der Waals surface area contributed by atoms with Gasteiger partial charge in [0.25, 0.3) is 5.91 Å². The minimum absolute atomic E-state index is 0.381. The van der Waals surface area contributed by atoms with Gasteiger partial charge in [-0.15, -0.1) is 0 Å². The van der Waals surface area contributed by atoms with Gasteiger partial charge >= 0.3 is 5.97 Å². The Morgan fingerprint density at radius 3 is 2.52 bits per heavy atom. The van der Waals surface area contributed by atoms with Crippen LogP contribution in [0.5, 0.6) is 0 Å². The van der Waals surface area contributed by atoms with Crippen LogP contribution in [0.2, 0.25) is 5.02 Å². The summed E-state index contributed by atoms with van der Waals surface area (Å²) >= 11 is 5.95. The Kier molecular flexibility index (Phi) is 6.00. The third-order valence-corrected chi connectivity index (χ3v) is 5.25. The first kappa shape index (κ1) is 20.6. The molecule has 3 aromatic carbocycles. The molecule has 0 aliphatic carbocycles. The van der Waals surface area contributed by atoms with Crippen LogP contribution in [0.1, 0.15) is 27.5 Å². The van der Waals surface area contributed by atoms with Crippen LogP contribution in [0.15, 0.2) is 79.1 Å². The zero-order chi connectivity index (χ0) is 21.8. The molecule has 1 heterocycles. The number of hydrogen-bond donors (Lipinski definition) is 1. The van der Waals surface area contributed by atoms with E-state index >= 15 is 0 Å². The molecule has 31 heavy (non-hydrogen) atoms. The van der Waals surface area contributed by atoms with Gasteiger partial charge in [0.2, 0.25) is 0 Å². The number of esters is 1. The van der Waals surface area contributed by atoms with Gasteiger partial charge in [-0.1, -0.05) is 54.1 Å². The molecule has 0 aliphatic rings. The lowest BCUT2D eigenvalue weighted by atomic mass is 10.1. The number of nitrogens with zero attached hydrogens (tertiary/aromatic N) is 2. The number of hydrogen-bond acceptors (Lipinski definition) is 4. The van der Waals surface area contributed by atoms with E-state index in [1.54, 1.807) is 42.7 Å². The Labute approximate surface area is 184 Å². The van der Waals surface area contributed by atoms with Crippen molar-refractivity contribution in [2.75, 3.05) is 7.11 Å². The van der Waals surface area contributed by atoms with Gasteiger partial charge in [-0.05, 0) is 41.5 Å². The molecule has 4 aromatic rings. The van der Waals surface area contributed by atoms with E-state index in [9.17, 15) is 9.59 Å². The molecule has 1 N–H and O–H groups in total. The molecule has 4 rings (SSSR count). The smallest absolute Gasteiger partial charge is 0.333 e. The van der Waals surface area contributed by atoms with Crippen molar-refractivity contribution in [3.8, 4) is 0 Å². The number of aromatic nitrogens is 2. The average molecular weight is 434 g/mol. The summed E-state index contributed by atoms with van der Waals surface area (Å²) in [5.41, 5.74) is 3.74. The predicted molar refractivity (Wildman–Crippen MR) is 119 cm³/mol. The number of benzene rings is 3. The minimum Gasteiger partial charge on any atom is -0.467 e. The molecule has 0 spiro atoms. The van der Waals surface area contributed by atoms with E-state index < -0.39 is 12.0 Å². The van der Waals surface area contributed by atoms with Crippen molar-refractivity contribution >= 4 is 34.5 Å². The van der Waals surface area contributed by atoms with E-state index in [4.69, 9.17) is 16.3 Å². The van der Waals surface area contributed by atoms with Gasteiger partial charge in [0, 0.05) is 17.1 Å². The average Bonchev–Trinajstić information content (AvgIpc) is 3.20. The van der Waals surface area contributed by atoms with Crippen molar-refractivity contribution < 1.29 is 14.3 Å². The number of methoxy groups -OCH3 is 1. The Morgan fingerprint density at radius 2 is 1.81 bits per heavy atom. The molecule has 1 aromatic heterocycles. The molecule has 0 fully saturated rings. The zero-order valence-electron chi connectivity index (χ0n) is 16.8. The first-order valence-corrected chi connectivity index (χ1v) is 10.1. The molecule has 1 atom stereocenters. The highest BCUT2D eigenvalue weighted by molar-refractivity contribution is 6.30. The van der Waals surface area contributed by atoms with Crippen molar-refractivity contribution in [1.82, 2.24) is 14.9 Å². The lowest BCUT2D eigenvalue weighted by Crippen LogP contribution is -2.34. The minimum atomic E-state index is -0.892. The molecule has 0 bridgehead atoms. The molecule has 7 heteroatoms. The molecule has 0 radical (unpaired) electrons. The summed E-state index contributed by atoms with van der Waals surface area (Å²) in [6.45, 7) is 0.637. The zero-order valence-corrected chi connectivity index (χ0v) is 17.5. The van der Waals surface area contributed by atoms with Crippen LogP contribution in [0, 0.1) is 0 Å². The van der Waals surface area contributed by atoms with Crippen molar-refractivity contribution in [3.05, 3.63) is 101 Å². The van der Waals surface area contributed by atoms with E-state index in [1.807, 2.05) is 41.0 Å². The van der Waals surface area contributed by atoms with E-state index in [2.05, 4.69) is 10.3 Å². The lowest BCUT2D eigenvalue weighted by molar-refractivity contribution is -0.143. The third kappa shape index (κ3) is 4.59. The van der Waals surface area contributed by atoms with Gasteiger partial charge in [0.15, 0.2) is 6.04 Å². The topological polar surface area (TPSA) is 73.2 Å². The SMILES string of the molecule is COC(=O)[C@@H](NC(=O)c1ccc2c(c1)ncn2Cc1ccc(Cl)cc1)c1ccccc1. The molecule has 0 saturated heterocycles.